The van der Waals surface area contributed by atoms with Crippen LogP contribution in [0.15, 0.2) is 34.4 Å². The molecule has 4 heterocycles. The number of carbonyl (C=O) groups excluding carboxylic acids is 2. The van der Waals surface area contributed by atoms with Crippen LogP contribution in [0.2, 0.25) is 0 Å². The number of pyridine rings is 1. The molecule has 0 fully saturated rings. The zero-order valence-corrected chi connectivity index (χ0v) is 19.2. The fraction of sp³-hybridized carbons (Fsp3) is 0.348. The van der Waals surface area contributed by atoms with E-state index in [1.54, 1.807) is 20.8 Å². The molecule has 32 heavy (non-hydrogen) atoms. The average Bonchev–Trinajstić information content (AvgIpc) is 3.34. The maximum atomic E-state index is 13.1. The van der Waals surface area contributed by atoms with Crippen LogP contribution in [-0.2, 0) is 19.5 Å². The Morgan fingerprint density at radius 2 is 2.03 bits per heavy atom. The number of nitrogens with zero attached hydrogens (tertiary/aromatic N) is 2. The van der Waals surface area contributed by atoms with E-state index in [1.165, 1.54) is 13.2 Å². The van der Waals surface area contributed by atoms with E-state index in [0.717, 1.165) is 16.1 Å². The highest BCUT2D eigenvalue weighted by Gasteiger charge is 2.27. The smallest absolute Gasteiger partial charge is 0.270 e. The molecule has 3 aromatic rings. The first kappa shape index (κ1) is 21.9. The van der Waals surface area contributed by atoms with Crippen LogP contribution in [0.3, 0.4) is 0 Å². The molecular weight excluding hydrogens is 428 g/mol. The zero-order valence-electron chi connectivity index (χ0n) is 18.4. The molecule has 0 unspecified atom stereocenters. The lowest BCUT2D eigenvalue weighted by Gasteiger charge is -2.19. The Morgan fingerprint density at radius 1 is 1.22 bits per heavy atom. The van der Waals surface area contributed by atoms with Crippen molar-refractivity contribution in [2.75, 3.05) is 20.2 Å². The molecule has 168 valence electrons. The summed E-state index contributed by atoms with van der Waals surface area (Å²) in [6.07, 6.45) is 0.374. The van der Waals surface area contributed by atoms with Gasteiger partial charge in [-0.25, -0.2) is 0 Å². The van der Waals surface area contributed by atoms with Crippen molar-refractivity contribution in [1.29, 1.82) is 0 Å². The fourth-order valence-corrected chi connectivity index (χ4v) is 4.78. The number of aromatic nitrogens is 2. The second kappa shape index (κ2) is 9.04. The average molecular weight is 455 g/mol. The molecule has 2 amide bonds. The van der Waals surface area contributed by atoms with Gasteiger partial charge in [0.1, 0.15) is 17.0 Å². The van der Waals surface area contributed by atoms with E-state index in [2.05, 4.69) is 10.3 Å². The predicted octanol–water partition coefficient (Wildman–Crippen LogP) is 2.49. The first-order valence-corrected chi connectivity index (χ1v) is 11.3. The first-order chi connectivity index (χ1) is 15.4. The Kier molecular flexibility index (Phi) is 6.18. The van der Waals surface area contributed by atoms with E-state index in [1.807, 2.05) is 37.4 Å². The summed E-state index contributed by atoms with van der Waals surface area (Å²) in [7, 11) is 1.45. The van der Waals surface area contributed by atoms with E-state index < -0.39 is 0 Å². The van der Waals surface area contributed by atoms with Gasteiger partial charge in [0, 0.05) is 48.4 Å². The van der Waals surface area contributed by atoms with Gasteiger partial charge in [0.15, 0.2) is 0 Å². The maximum Gasteiger partial charge on any atom is 0.270 e. The van der Waals surface area contributed by atoms with Gasteiger partial charge in [-0.2, -0.15) is 0 Å². The molecule has 0 saturated carbocycles. The monoisotopic (exact) mass is 454 g/mol. The van der Waals surface area contributed by atoms with Crippen LogP contribution in [0.25, 0.3) is 0 Å². The molecular formula is C23H26N4O4S. The van der Waals surface area contributed by atoms with Crippen molar-refractivity contribution in [2.45, 2.75) is 33.4 Å². The Labute approximate surface area is 189 Å². The number of aryl methyl sites for hydroxylation is 2. The van der Waals surface area contributed by atoms with Crippen molar-refractivity contribution in [3.05, 3.63) is 73.1 Å². The molecule has 0 saturated heterocycles. The largest absolute Gasteiger partial charge is 0.496 e. The van der Waals surface area contributed by atoms with Crippen molar-refractivity contribution >= 4 is 23.2 Å². The number of ether oxygens (including phenoxy) is 1. The summed E-state index contributed by atoms with van der Waals surface area (Å²) >= 11 is 1.56. The lowest BCUT2D eigenvalue weighted by atomic mass is 10.1. The quantitative estimate of drug-likeness (QED) is 0.619. The Balaban J connectivity index is 1.62. The summed E-state index contributed by atoms with van der Waals surface area (Å²) in [5.74, 6) is -0.151. The number of rotatable bonds is 5. The molecule has 0 radical (unpaired) electrons. The van der Waals surface area contributed by atoms with Gasteiger partial charge in [-0.05, 0) is 36.9 Å². The SMILES string of the molecule is COc1cc(=O)n2c(c1C(=O)NCc1cccs1)CCN(C(=O)c1[nH]c(C)cc1C)CC2. The van der Waals surface area contributed by atoms with Crippen LogP contribution in [0.4, 0.5) is 0 Å². The van der Waals surface area contributed by atoms with Gasteiger partial charge in [0.05, 0.1) is 13.7 Å². The number of nitrogens with one attached hydrogen (secondary N) is 2. The molecule has 0 aromatic carbocycles. The summed E-state index contributed by atoms with van der Waals surface area (Å²) in [6.45, 7) is 5.30. The van der Waals surface area contributed by atoms with Gasteiger partial charge in [0.2, 0.25) is 0 Å². The number of amides is 2. The number of methoxy groups -OCH3 is 1. The van der Waals surface area contributed by atoms with Crippen molar-refractivity contribution < 1.29 is 14.3 Å². The molecule has 1 aliphatic rings. The number of thiophene rings is 1. The lowest BCUT2D eigenvalue weighted by molar-refractivity contribution is 0.0753. The minimum Gasteiger partial charge on any atom is -0.496 e. The zero-order chi connectivity index (χ0) is 22.8. The van der Waals surface area contributed by atoms with Gasteiger partial charge in [-0.15, -0.1) is 11.3 Å². The second-order valence-corrected chi connectivity index (χ2v) is 8.87. The Bertz CT molecular complexity index is 1210. The van der Waals surface area contributed by atoms with E-state index in [4.69, 9.17) is 4.74 Å². The van der Waals surface area contributed by atoms with Gasteiger partial charge in [-0.1, -0.05) is 6.07 Å². The third-order valence-corrected chi connectivity index (χ3v) is 6.57. The second-order valence-electron chi connectivity index (χ2n) is 7.84. The molecule has 8 nitrogen and oxygen atoms in total. The van der Waals surface area contributed by atoms with Crippen LogP contribution in [0.5, 0.6) is 5.75 Å². The van der Waals surface area contributed by atoms with E-state index in [0.29, 0.717) is 49.6 Å². The van der Waals surface area contributed by atoms with E-state index in [-0.39, 0.29) is 23.1 Å². The summed E-state index contributed by atoms with van der Waals surface area (Å²) in [4.78, 5) is 44.9. The van der Waals surface area contributed by atoms with Crippen molar-refractivity contribution in [2.24, 2.45) is 0 Å². The topological polar surface area (TPSA) is 96.4 Å². The highest BCUT2D eigenvalue weighted by atomic mass is 32.1. The normalized spacial score (nSPS) is 13.4. The van der Waals surface area contributed by atoms with E-state index >= 15 is 0 Å². The van der Waals surface area contributed by atoms with Crippen LogP contribution < -0.4 is 15.6 Å². The van der Waals surface area contributed by atoms with Gasteiger partial charge < -0.3 is 24.5 Å². The molecule has 2 N–H and O–H groups in total. The molecule has 0 spiro atoms. The molecule has 0 bridgehead atoms. The van der Waals surface area contributed by atoms with Crippen molar-refractivity contribution in [3.63, 3.8) is 0 Å². The van der Waals surface area contributed by atoms with E-state index in [9.17, 15) is 14.4 Å². The van der Waals surface area contributed by atoms with Crippen molar-refractivity contribution in [1.82, 2.24) is 19.8 Å². The molecule has 9 heteroatoms. The van der Waals surface area contributed by atoms with Crippen molar-refractivity contribution in [3.8, 4) is 5.75 Å². The maximum absolute atomic E-state index is 13.1. The summed E-state index contributed by atoms with van der Waals surface area (Å²) in [5.41, 5.74) is 3.08. The number of carbonyl (C=O) groups is 2. The highest BCUT2D eigenvalue weighted by molar-refractivity contribution is 7.09. The highest BCUT2D eigenvalue weighted by Crippen LogP contribution is 2.24. The molecule has 4 rings (SSSR count). The van der Waals surface area contributed by atoms with Gasteiger partial charge in [0.25, 0.3) is 17.4 Å². The number of H-pyrrole nitrogens is 1. The minimum absolute atomic E-state index is 0.105. The predicted molar refractivity (Wildman–Crippen MR) is 123 cm³/mol. The van der Waals surface area contributed by atoms with Crippen LogP contribution in [-0.4, -0.2) is 46.5 Å². The fourth-order valence-electron chi connectivity index (χ4n) is 4.14. The lowest BCUT2D eigenvalue weighted by Crippen LogP contribution is -2.34. The number of hydrogen-bond donors (Lipinski definition) is 2. The van der Waals surface area contributed by atoms with Gasteiger partial charge in [-0.3, -0.25) is 14.4 Å². The third kappa shape index (κ3) is 4.20. The Hall–Kier alpha value is -3.33. The van der Waals surface area contributed by atoms with Gasteiger partial charge >= 0.3 is 0 Å². The third-order valence-electron chi connectivity index (χ3n) is 5.69. The molecule has 0 atom stereocenters. The number of hydrogen-bond acceptors (Lipinski definition) is 5. The molecule has 1 aliphatic heterocycles. The summed E-state index contributed by atoms with van der Waals surface area (Å²) < 4.78 is 6.98. The first-order valence-electron chi connectivity index (χ1n) is 10.5. The summed E-state index contributed by atoms with van der Waals surface area (Å²) in [6, 6.07) is 7.16. The standard InChI is InChI=1S/C23H26N4O4S/c1-14-11-15(2)25-21(14)23(30)26-7-6-17-20(22(29)24-13-16-5-4-10-32-16)18(31-3)12-19(28)27(17)9-8-26/h4-5,10-12,25H,6-9,13H2,1-3H3,(H,24,29). The summed E-state index contributed by atoms with van der Waals surface area (Å²) in [5, 5.41) is 4.88. The Morgan fingerprint density at radius 3 is 2.69 bits per heavy atom. The number of aromatic amines is 1. The minimum atomic E-state index is -0.297. The van der Waals surface area contributed by atoms with Crippen LogP contribution in [0, 0.1) is 13.8 Å². The van der Waals surface area contributed by atoms with Crippen LogP contribution in [0.1, 0.15) is 42.7 Å². The van der Waals surface area contributed by atoms with Crippen LogP contribution >= 0.6 is 11.3 Å². The number of fused-ring (bicyclic) bond motifs is 1. The molecule has 3 aromatic heterocycles. The molecule has 0 aliphatic carbocycles.